The van der Waals surface area contributed by atoms with Crippen LogP contribution in [0.3, 0.4) is 0 Å². The van der Waals surface area contributed by atoms with E-state index in [-0.39, 0.29) is 10.8 Å². The second-order valence-corrected chi connectivity index (χ2v) is 14.0. The molecule has 2 heteroatoms. The van der Waals surface area contributed by atoms with Crippen molar-refractivity contribution in [3.63, 3.8) is 0 Å². The van der Waals surface area contributed by atoms with Gasteiger partial charge in [0.2, 0.25) is 0 Å². The summed E-state index contributed by atoms with van der Waals surface area (Å²) in [7, 11) is 0. The zero-order valence-corrected chi connectivity index (χ0v) is 26.0. The maximum atomic E-state index is 5.57. The topological polar surface area (TPSA) is 24.7 Å². The quantitative estimate of drug-likeness (QED) is 0.252. The lowest BCUT2D eigenvalue weighted by atomic mass is 9.81. The highest BCUT2D eigenvalue weighted by atomic mass is 14.8. The first-order chi connectivity index (χ1) is 18.8. The summed E-state index contributed by atoms with van der Waals surface area (Å²) in [6.07, 6.45) is 0. The molecule has 0 amide bonds. The van der Waals surface area contributed by atoms with Crippen LogP contribution in [0.2, 0.25) is 0 Å². The Bertz CT molecular complexity index is 1620. The van der Waals surface area contributed by atoms with E-state index >= 15 is 0 Å². The zero-order chi connectivity index (χ0) is 29.0. The molecule has 0 saturated carbocycles. The Labute approximate surface area is 241 Å². The van der Waals surface area contributed by atoms with E-state index in [1.165, 1.54) is 44.2 Å². The minimum Gasteiger partial charge on any atom is -0.246 e. The van der Waals surface area contributed by atoms with Gasteiger partial charge >= 0.3 is 0 Å². The first-order valence-corrected chi connectivity index (χ1v) is 14.8. The van der Waals surface area contributed by atoms with Crippen molar-refractivity contribution in [1.29, 1.82) is 0 Å². The summed E-state index contributed by atoms with van der Waals surface area (Å²) in [6, 6.07) is 26.6. The zero-order valence-electron chi connectivity index (χ0n) is 26.0. The lowest BCUT2D eigenvalue weighted by Crippen LogP contribution is -2.16. The molecule has 0 bridgehead atoms. The van der Waals surface area contributed by atoms with Gasteiger partial charge in [-0.3, -0.25) is 0 Å². The van der Waals surface area contributed by atoms with E-state index in [9.17, 15) is 0 Å². The third-order valence-corrected chi connectivity index (χ3v) is 8.11. The van der Waals surface area contributed by atoms with Gasteiger partial charge in [-0.15, -0.1) is 0 Å². The lowest BCUT2D eigenvalue weighted by molar-refractivity contribution is 0.578. The van der Waals surface area contributed by atoms with E-state index in [0.29, 0.717) is 11.8 Å². The Hall–Kier alpha value is -3.52. The molecule has 0 aliphatic heterocycles. The van der Waals surface area contributed by atoms with Gasteiger partial charge in [0.05, 0.1) is 22.8 Å². The molecule has 40 heavy (non-hydrogen) atoms. The Morgan fingerprint density at radius 2 is 1.10 bits per heavy atom. The normalized spacial score (nSPS) is 15.8. The third-order valence-electron chi connectivity index (χ3n) is 8.11. The molecule has 5 rings (SSSR count). The largest absolute Gasteiger partial charge is 0.246 e. The number of hydrogen-bond donors (Lipinski definition) is 0. The molecule has 0 fully saturated rings. The minimum absolute atomic E-state index is 0.0310. The third kappa shape index (κ3) is 5.05. The van der Waals surface area contributed by atoms with E-state index in [1.807, 2.05) is 0 Å². The van der Waals surface area contributed by atoms with Crippen molar-refractivity contribution in [1.82, 2.24) is 0 Å². The van der Waals surface area contributed by atoms with Gasteiger partial charge in [0.25, 0.3) is 0 Å². The molecule has 0 radical (unpaired) electrons. The van der Waals surface area contributed by atoms with Crippen molar-refractivity contribution < 1.29 is 0 Å². The van der Waals surface area contributed by atoms with Crippen LogP contribution in [-0.4, -0.2) is 11.4 Å². The fraction of sp³-hybridized carbons (Fsp3) is 0.368. The first-order valence-electron chi connectivity index (χ1n) is 14.8. The Morgan fingerprint density at radius 1 is 0.575 bits per heavy atom. The molecular formula is C38H44N2. The fourth-order valence-electron chi connectivity index (χ4n) is 5.82. The van der Waals surface area contributed by atoms with Crippen LogP contribution >= 0.6 is 0 Å². The summed E-state index contributed by atoms with van der Waals surface area (Å²) in [6.45, 7) is 22.7. The van der Waals surface area contributed by atoms with Gasteiger partial charge in [-0.1, -0.05) is 136 Å². The highest BCUT2D eigenvalue weighted by Crippen LogP contribution is 2.41. The molecule has 0 N–H and O–H groups in total. The minimum atomic E-state index is -0.0420. The number of para-hydroxylation sites is 1. The molecule has 4 aromatic carbocycles. The summed E-state index contributed by atoms with van der Waals surface area (Å²) in [4.78, 5) is 11.1. The Kier molecular flexibility index (Phi) is 7.11. The van der Waals surface area contributed by atoms with Crippen LogP contribution < -0.4 is 0 Å². The SMILES string of the molecule is CC(C)c1cccc(C(C)C)c1N=C1C(=Nc2cc(C(C)(C)C)ccc2C(C)(C)C)c2cccc3cccc1c23. The van der Waals surface area contributed by atoms with Crippen LogP contribution in [0.15, 0.2) is 82.8 Å². The number of hydrogen-bond acceptors (Lipinski definition) is 2. The van der Waals surface area contributed by atoms with Gasteiger partial charge in [-0.05, 0) is 56.4 Å². The predicted molar refractivity (Wildman–Crippen MR) is 175 cm³/mol. The molecule has 0 atom stereocenters. The molecule has 1 aliphatic carbocycles. The monoisotopic (exact) mass is 528 g/mol. The first kappa shape index (κ1) is 28.0. The average Bonchev–Trinajstić information content (AvgIpc) is 3.16. The van der Waals surface area contributed by atoms with Crippen molar-refractivity contribution >= 4 is 33.6 Å². The standard InChI is InChI=1S/C38H44N2/c1-23(2)27-16-13-17-28(24(3)4)34(27)40-36-30-19-12-15-25-14-11-18-29(33(25)30)35(36)39-32-22-26(37(5,6)7)20-21-31(32)38(8,9)10/h11-24H,1-10H3. The van der Waals surface area contributed by atoms with Crippen molar-refractivity contribution in [2.45, 2.75) is 91.9 Å². The van der Waals surface area contributed by atoms with Crippen molar-refractivity contribution in [3.05, 3.63) is 106 Å². The summed E-state index contributed by atoms with van der Waals surface area (Å²) in [5, 5.41) is 2.48. The maximum absolute atomic E-state index is 5.57. The molecule has 0 unspecified atom stereocenters. The van der Waals surface area contributed by atoms with Crippen LogP contribution in [0.4, 0.5) is 11.4 Å². The highest BCUT2D eigenvalue weighted by Gasteiger charge is 2.30. The summed E-state index contributed by atoms with van der Waals surface area (Å²) >= 11 is 0. The summed E-state index contributed by atoms with van der Waals surface area (Å²) in [5.41, 5.74) is 11.5. The van der Waals surface area contributed by atoms with Gasteiger partial charge in [-0.25, -0.2) is 9.98 Å². The van der Waals surface area contributed by atoms with Crippen LogP contribution in [0, 0.1) is 0 Å². The van der Waals surface area contributed by atoms with E-state index in [4.69, 9.17) is 9.98 Å². The molecule has 2 nitrogen and oxygen atoms in total. The van der Waals surface area contributed by atoms with E-state index in [1.54, 1.807) is 0 Å². The van der Waals surface area contributed by atoms with Gasteiger partial charge in [-0.2, -0.15) is 0 Å². The van der Waals surface area contributed by atoms with Crippen LogP contribution in [0.25, 0.3) is 10.8 Å². The van der Waals surface area contributed by atoms with Gasteiger partial charge < -0.3 is 0 Å². The van der Waals surface area contributed by atoms with Crippen LogP contribution in [-0.2, 0) is 10.8 Å². The molecule has 0 saturated heterocycles. The summed E-state index contributed by atoms with van der Waals surface area (Å²) in [5.74, 6) is 0.739. The maximum Gasteiger partial charge on any atom is 0.0979 e. The fourth-order valence-corrected chi connectivity index (χ4v) is 5.82. The molecule has 0 heterocycles. The predicted octanol–water partition coefficient (Wildman–Crippen LogP) is 10.9. The second kappa shape index (κ2) is 10.1. The summed E-state index contributed by atoms with van der Waals surface area (Å²) < 4.78 is 0. The molecule has 0 aromatic heterocycles. The average molecular weight is 529 g/mol. The van der Waals surface area contributed by atoms with Crippen molar-refractivity contribution in [3.8, 4) is 0 Å². The van der Waals surface area contributed by atoms with Crippen LogP contribution in [0.5, 0.6) is 0 Å². The van der Waals surface area contributed by atoms with Gasteiger partial charge in [0.1, 0.15) is 0 Å². The van der Waals surface area contributed by atoms with E-state index < -0.39 is 0 Å². The highest BCUT2D eigenvalue weighted by molar-refractivity contribution is 6.61. The van der Waals surface area contributed by atoms with E-state index in [2.05, 4.69) is 142 Å². The van der Waals surface area contributed by atoms with E-state index in [0.717, 1.165) is 22.8 Å². The van der Waals surface area contributed by atoms with Gasteiger partial charge in [0.15, 0.2) is 0 Å². The molecule has 1 aliphatic rings. The molecular weight excluding hydrogens is 484 g/mol. The second-order valence-electron chi connectivity index (χ2n) is 14.0. The van der Waals surface area contributed by atoms with Crippen molar-refractivity contribution in [2.24, 2.45) is 9.98 Å². The number of nitrogens with zero attached hydrogens (tertiary/aromatic N) is 2. The van der Waals surface area contributed by atoms with Crippen LogP contribution in [0.1, 0.15) is 114 Å². The number of aliphatic imine (C=N–C) groups is 2. The Morgan fingerprint density at radius 3 is 1.60 bits per heavy atom. The molecule has 206 valence electrons. The lowest BCUT2D eigenvalue weighted by Gasteiger charge is -2.25. The van der Waals surface area contributed by atoms with Crippen molar-refractivity contribution in [2.75, 3.05) is 0 Å². The van der Waals surface area contributed by atoms with Gasteiger partial charge in [0, 0.05) is 16.5 Å². The Balaban J connectivity index is 1.87. The number of benzene rings is 4. The molecule has 4 aromatic rings. The number of rotatable bonds is 4. The smallest absolute Gasteiger partial charge is 0.0979 e. The molecule has 0 spiro atoms.